The van der Waals surface area contributed by atoms with Gasteiger partial charge in [0, 0.05) is 29.6 Å². The third-order valence-electron chi connectivity index (χ3n) is 6.17. The minimum Gasteiger partial charge on any atom is -0.491 e. The second kappa shape index (κ2) is 9.49. The Balaban J connectivity index is 1.37. The van der Waals surface area contributed by atoms with Crippen LogP contribution in [0.25, 0.3) is 11.0 Å². The van der Waals surface area contributed by atoms with Crippen LogP contribution in [-0.4, -0.2) is 39.8 Å². The van der Waals surface area contributed by atoms with Crippen molar-refractivity contribution in [1.82, 2.24) is 9.55 Å². The van der Waals surface area contributed by atoms with Crippen LogP contribution in [0.3, 0.4) is 0 Å². The van der Waals surface area contributed by atoms with Crippen molar-refractivity contribution in [2.75, 3.05) is 18.1 Å². The van der Waals surface area contributed by atoms with Crippen molar-refractivity contribution in [3.05, 3.63) is 89.2 Å². The van der Waals surface area contributed by atoms with Crippen LogP contribution in [0.15, 0.2) is 72.8 Å². The van der Waals surface area contributed by atoms with Crippen molar-refractivity contribution in [1.29, 1.82) is 0 Å². The fourth-order valence-electron chi connectivity index (χ4n) is 4.44. The van der Waals surface area contributed by atoms with Gasteiger partial charge in [-0.3, -0.25) is 4.79 Å². The van der Waals surface area contributed by atoms with Crippen molar-refractivity contribution in [3.8, 4) is 5.75 Å². The zero-order chi connectivity index (χ0) is 23.7. The number of fused-ring (bicyclic) bond motifs is 1. The molecule has 1 aliphatic heterocycles. The molecule has 34 heavy (non-hydrogen) atoms. The second-order valence-electron chi connectivity index (χ2n) is 8.73. The number of carbonyl (C=O) groups excluding carboxylic acids is 1. The minimum absolute atomic E-state index is 0.0502. The number of benzene rings is 3. The molecule has 2 atom stereocenters. The highest BCUT2D eigenvalue weighted by Crippen LogP contribution is 2.33. The topological polar surface area (TPSA) is 67.6 Å². The number of imidazole rings is 1. The first-order valence-corrected chi connectivity index (χ1v) is 11.7. The number of ether oxygens (including phenoxy) is 1. The van der Waals surface area contributed by atoms with Gasteiger partial charge in [-0.15, -0.1) is 0 Å². The fraction of sp³-hybridized carbons (Fsp3) is 0.259. The average molecular weight is 476 g/mol. The molecule has 7 heteroatoms. The van der Waals surface area contributed by atoms with E-state index in [1.54, 1.807) is 17.0 Å². The summed E-state index contributed by atoms with van der Waals surface area (Å²) >= 11 is 6.01. The summed E-state index contributed by atoms with van der Waals surface area (Å²) in [7, 11) is 0. The molecule has 1 saturated heterocycles. The van der Waals surface area contributed by atoms with Crippen molar-refractivity contribution in [2.45, 2.75) is 31.9 Å². The number of para-hydroxylation sites is 2. The molecule has 1 amide bonds. The molecule has 6 nitrogen and oxygen atoms in total. The number of halogens is 1. The quantitative estimate of drug-likeness (QED) is 0.410. The van der Waals surface area contributed by atoms with E-state index in [4.69, 9.17) is 21.3 Å². The van der Waals surface area contributed by atoms with Gasteiger partial charge in [-0.05, 0) is 55.5 Å². The molecule has 0 saturated carbocycles. The normalized spacial score (nSPS) is 16.9. The molecule has 0 unspecified atom stereocenters. The van der Waals surface area contributed by atoms with Gasteiger partial charge < -0.3 is 19.3 Å². The molecular weight excluding hydrogens is 450 g/mol. The Labute approximate surface area is 203 Å². The summed E-state index contributed by atoms with van der Waals surface area (Å²) in [4.78, 5) is 19.5. The number of aromatic nitrogens is 2. The molecule has 5 rings (SSSR count). The van der Waals surface area contributed by atoms with Crippen molar-refractivity contribution in [2.24, 2.45) is 0 Å². The van der Waals surface area contributed by atoms with E-state index in [1.165, 1.54) is 0 Å². The standard InChI is InChI=1S/C27H26ClN3O3/c1-18-6-12-23(13-7-18)34-17-22(32)16-31-25-5-3-2-4-24(25)29-27(31)19-14-26(33)30(15-19)21-10-8-20(28)9-11-21/h2-13,19,22,32H,14-17H2,1H3/t19-,22+/m1/s1. The van der Waals surface area contributed by atoms with Gasteiger partial charge in [0.1, 0.15) is 24.3 Å². The van der Waals surface area contributed by atoms with E-state index in [1.807, 2.05) is 72.2 Å². The molecule has 174 valence electrons. The number of nitrogens with zero attached hydrogens (tertiary/aromatic N) is 3. The van der Waals surface area contributed by atoms with E-state index in [0.717, 1.165) is 33.9 Å². The summed E-state index contributed by atoms with van der Waals surface area (Å²) in [5.74, 6) is 1.50. The average Bonchev–Trinajstić information content (AvgIpc) is 3.40. The molecule has 0 spiro atoms. The first kappa shape index (κ1) is 22.4. The molecule has 3 aromatic carbocycles. The lowest BCUT2D eigenvalue weighted by molar-refractivity contribution is -0.117. The van der Waals surface area contributed by atoms with Crippen LogP contribution in [0, 0.1) is 6.92 Å². The van der Waals surface area contributed by atoms with Gasteiger partial charge in [-0.2, -0.15) is 0 Å². The summed E-state index contributed by atoms with van der Waals surface area (Å²) < 4.78 is 7.82. The summed E-state index contributed by atoms with van der Waals surface area (Å²) in [5, 5.41) is 11.4. The maximum absolute atomic E-state index is 12.9. The van der Waals surface area contributed by atoms with E-state index >= 15 is 0 Å². The van der Waals surface area contributed by atoms with Gasteiger partial charge in [-0.1, -0.05) is 41.4 Å². The van der Waals surface area contributed by atoms with Crippen LogP contribution >= 0.6 is 11.6 Å². The number of aliphatic hydroxyl groups excluding tert-OH is 1. The Bertz CT molecular complexity index is 1300. The van der Waals surface area contributed by atoms with Crippen LogP contribution in [0.5, 0.6) is 5.75 Å². The lowest BCUT2D eigenvalue weighted by atomic mass is 10.1. The molecule has 1 fully saturated rings. The molecule has 0 aliphatic carbocycles. The Morgan fingerprint density at radius 3 is 2.59 bits per heavy atom. The minimum atomic E-state index is -0.734. The van der Waals surface area contributed by atoms with Gasteiger partial charge >= 0.3 is 0 Å². The Hall–Kier alpha value is -3.35. The molecule has 1 aliphatic rings. The lowest BCUT2D eigenvalue weighted by Gasteiger charge is -2.19. The lowest BCUT2D eigenvalue weighted by Crippen LogP contribution is -2.26. The largest absolute Gasteiger partial charge is 0.491 e. The van der Waals surface area contributed by atoms with Gasteiger partial charge in [0.05, 0.1) is 17.6 Å². The monoisotopic (exact) mass is 475 g/mol. The van der Waals surface area contributed by atoms with Crippen molar-refractivity contribution < 1.29 is 14.6 Å². The number of aryl methyl sites for hydroxylation is 1. The van der Waals surface area contributed by atoms with E-state index in [9.17, 15) is 9.90 Å². The molecule has 4 aromatic rings. The predicted molar refractivity (Wildman–Crippen MR) is 134 cm³/mol. The fourth-order valence-corrected chi connectivity index (χ4v) is 4.57. The SMILES string of the molecule is Cc1ccc(OC[C@@H](O)Cn2c([C@@H]3CC(=O)N(c4ccc(Cl)cc4)C3)nc3ccccc32)cc1. The zero-order valence-corrected chi connectivity index (χ0v) is 19.7. The maximum atomic E-state index is 12.9. The first-order valence-electron chi connectivity index (χ1n) is 11.4. The van der Waals surface area contributed by atoms with Gasteiger partial charge in [-0.25, -0.2) is 4.98 Å². The number of anilines is 1. The highest BCUT2D eigenvalue weighted by molar-refractivity contribution is 6.30. The number of hydrogen-bond acceptors (Lipinski definition) is 4. The van der Waals surface area contributed by atoms with Gasteiger partial charge in [0.25, 0.3) is 0 Å². The number of hydrogen-bond donors (Lipinski definition) is 1. The number of aliphatic hydroxyl groups is 1. The summed E-state index contributed by atoms with van der Waals surface area (Å²) in [6.45, 7) is 3.04. The zero-order valence-electron chi connectivity index (χ0n) is 18.9. The van der Waals surface area contributed by atoms with E-state index < -0.39 is 6.10 Å². The highest BCUT2D eigenvalue weighted by atomic mass is 35.5. The van der Waals surface area contributed by atoms with Crippen LogP contribution in [0.4, 0.5) is 5.69 Å². The predicted octanol–water partition coefficient (Wildman–Crippen LogP) is 4.96. The molecule has 2 heterocycles. The van der Waals surface area contributed by atoms with Crippen LogP contribution in [0.1, 0.15) is 23.7 Å². The Morgan fingerprint density at radius 1 is 1.09 bits per heavy atom. The Kier molecular flexibility index (Phi) is 6.26. The van der Waals surface area contributed by atoms with Crippen LogP contribution in [-0.2, 0) is 11.3 Å². The van der Waals surface area contributed by atoms with E-state index in [-0.39, 0.29) is 18.4 Å². The smallest absolute Gasteiger partial charge is 0.227 e. The van der Waals surface area contributed by atoms with Crippen molar-refractivity contribution >= 4 is 34.2 Å². The number of amides is 1. The summed E-state index contributed by atoms with van der Waals surface area (Å²) in [6, 6.07) is 22.9. The van der Waals surface area contributed by atoms with Crippen LogP contribution < -0.4 is 9.64 Å². The van der Waals surface area contributed by atoms with Gasteiger partial charge in [0.15, 0.2) is 0 Å². The number of carbonyl (C=O) groups is 1. The Morgan fingerprint density at radius 2 is 1.82 bits per heavy atom. The second-order valence-corrected chi connectivity index (χ2v) is 9.17. The first-order chi connectivity index (χ1) is 16.5. The third kappa shape index (κ3) is 4.65. The highest BCUT2D eigenvalue weighted by Gasteiger charge is 2.35. The molecule has 0 bridgehead atoms. The van der Waals surface area contributed by atoms with Gasteiger partial charge in [0.2, 0.25) is 5.91 Å². The summed E-state index contributed by atoms with van der Waals surface area (Å²) in [5.41, 5.74) is 3.76. The third-order valence-corrected chi connectivity index (χ3v) is 6.42. The van der Waals surface area contributed by atoms with Crippen molar-refractivity contribution in [3.63, 3.8) is 0 Å². The van der Waals surface area contributed by atoms with E-state index in [0.29, 0.717) is 24.5 Å². The summed E-state index contributed by atoms with van der Waals surface area (Å²) in [6.07, 6.45) is -0.371. The maximum Gasteiger partial charge on any atom is 0.227 e. The molecule has 1 N–H and O–H groups in total. The molecule has 0 radical (unpaired) electrons. The molecular formula is C27H26ClN3O3. The van der Waals surface area contributed by atoms with E-state index in [2.05, 4.69) is 0 Å². The number of rotatable bonds is 7. The van der Waals surface area contributed by atoms with Crippen LogP contribution in [0.2, 0.25) is 5.02 Å². The molecule has 1 aromatic heterocycles.